The second kappa shape index (κ2) is 5.57. The monoisotopic (exact) mass is 277 g/mol. The Balaban J connectivity index is 1.94. The Labute approximate surface area is 117 Å². The van der Waals surface area contributed by atoms with E-state index >= 15 is 0 Å². The Hall–Kier alpha value is -0.970. The summed E-state index contributed by atoms with van der Waals surface area (Å²) in [6.45, 7) is 2.91. The zero-order chi connectivity index (χ0) is 13.2. The molecule has 0 radical (unpaired) electrons. The molecule has 0 saturated carbocycles. The van der Waals surface area contributed by atoms with Gasteiger partial charge in [-0.1, -0.05) is 18.2 Å². The Morgan fingerprint density at radius 3 is 3.00 bits per heavy atom. The summed E-state index contributed by atoms with van der Waals surface area (Å²) in [5.74, 6) is 3.08. The first-order valence-corrected chi connectivity index (χ1v) is 7.80. The second-order valence-corrected chi connectivity index (χ2v) is 6.04. The Bertz CT molecular complexity index is 560. The van der Waals surface area contributed by atoms with Crippen LogP contribution in [0.1, 0.15) is 17.4 Å². The fourth-order valence-electron chi connectivity index (χ4n) is 2.59. The van der Waals surface area contributed by atoms with Crippen LogP contribution in [-0.2, 0) is 4.74 Å². The number of hydrogen-bond acceptors (Lipinski definition) is 4. The van der Waals surface area contributed by atoms with Gasteiger partial charge in [0.25, 0.3) is 0 Å². The molecule has 3 rings (SSSR count). The number of nitrogens with one attached hydrogen (secondary N) is 1. The van der Waals surface area contributed by atoms with Gasteiger partial charge in [-0.15, -0.1) is 0 Å². The number of benzene rings is 1. The number of ether oxygens (including phenoxy) is 1. The van der Waals surface area contributed by atoms with Crippen molar-refractivity contribution in [1.29, 1.82) is 0 Å². The van der Waals surface area contributed by atoms with Crippen LogP contribution in [0.5, 0.6) is 0 Å². The molecule has 0 amide bonds. The van der Waals surface area contributed by atoms with E-state index in [0.29, 0.717) is 0 Å². The van der Waals surface area contributed by atoms with Crippen LogP contribution in [0.25, 0.3) is 11.0 Å². The molecule has 0 aliphatic carbocycles. The van der Waals surface area contributed by atoms with Crippen molar-refractivity contribution in [1.82, 2.24) is 5.32 Å². The number of para-hydroxylation sites is 1. The molecule has 1 N–H and O–H groups in total. The van der Waals surface area contributed by atoms with Crippen molar-refractivity contribution in [3.05, 3.63) is 35.6 Å². The highest BCUT2D eigenvalue weighted by Crippen LogP contribution is 2.30. The van der Waals surface area contributed by atoms with Gasteiger partial charge in [-0.25, -0.2) is 0 Å². The van der Waals surface area contributed by atoms with Gasteiger partial charge in [0.15, 0.2) is 0 Å². The predicted octanol–water partition coefficient (Wildman–Crippen LogP) is 3.13. The Morgan fingerprint density at radius 1 is 1.42 bits per heavy atom. The number of rotatable bonds is 3. The normalized spacial score (nSPS) is 21.7. The molecular formula is C15H19NO2S. The van der Waals surface area contributed by atoms with Crippen molar-refractivity contribution >= 4 is 22.7 Å². The summed E-state index contributed by atoms with van der Waals surface area (Å²) in [6.07, 6.45) is 0.185. The zero-order valence-electron chi connectivity index (χ0n) is 11.3. The third-order valence-electron chi connectivity index (χ3n) is 3.59. The number of likely N-dealkylation sites (N-methyl/N-ethyl adjacent to an activating group) is 1. The molecule has 1 aliphatic rings. The summed E-state index contributed by atoms with van der Waals surface area (Å²) in [6, 6.07) is 8.50. The molecule has 2 unspecified atom stereocenters. The van der Waals surface area contributed by atoms with Crippen LogP contribution in [0.3, 0.4) is 0 Å². The summed E-state index contributed by atoms with van der Waals surface area (Å²) in [7, 11) is 1.97. The summed E-state index contributed by atoms with van der Waals surface area (Å²) in [5, 5.41) is 4.50. The minimum atomic E-state index is 0.125. The van der Waals surface area contributed by atoms with Crippen molar-refractivity contribution in [3.8, 4) is 0 Å². The van der Waals surface area contributed by atoms with Crippen LogP contribution >= 0.6 is 11.8 Å². The van der Waals surface area contributed by atoms with Crippen LogP contribution in [0, 0.1) is 6.92 Å². The molecule has 1 aliphatic heterocycles. The van der Waals surface area contributed by atoms with E-state index in [4.69, 9.17) is 9.15 Å². The molecular weight excluding hydrogens is 258 g/mol. The summed E-state index contributed by atoms with van der Waals surface area (Å²) < 4.78 is 11.9. The van der Waals surface area contributed by atoms with Crippen molar-refractivity contribution in [3.63, 3.8) is 0 Å². The Kier molecular flexibility index (Phi) is 3.82. The fourth-order valence-corrected chi connectivity index (χ4v) is 3.49. The standard InChI is InChI=1S/C15H19NO2S/c1-10-4-3-5-11-8-12(18-15(10)11)14(16-2)13-9-19-7-6-17-13/h3-5,8,13-14,16H,6-7,9H2,1-2H3. The smallest absolute Gasteiger partial charge is 0.137 e. The molecule has 2 heterocycles. The summed E-state index contributed by atoms with van der Waals surface area (Å²) >= 11 is 1.94. The SMILES string of the molecule is CNC(c1cc2cccc(C)c2o1)C1CSCCO1. The van der Waals surface area contributed by atoms with Crippen LogP contribution < -0.4 is 5.32 Å². The maximum Gasteiger partial charge on any atom is 0.137 e. The lowest BCUT2D eigenvalue weighted by Gasteiger charge is -2.28. The minimum Gasteiger partial charge on any atom is -0.459 e. The first-order chi connectivity index (χ1) is 9.29. The van der Waals surface area contributed by atoms with E-state index in [-0.39, 0.29) is 12.1 Å². The molecule has 1 saturated heterocycles. The van der Waals surface area contributed by atoms with E-state index in [1.165, 1.54) is 10.9 Å². The van der Waals surface area contributed by atoms with Crippen molar-refractivity contribution < 1.29 is 9.15 Å². The van der Waals surface area contributed by atoms with Gasteiger partial charge in [0.1, 0.15) is 11.3 Å². The molecule has 19 heavy (non-hydrogen) atoms. The van der Waals surface area contributed by atoms with Crippen molar-refractivity contribution in [2.45, 2.75) is 19.1 Å². The highest BCUT2D eigenvalue weighted by atomic mass is 32.2. The molecule has 0 spiro atoms. The van der Waals surface area contributed by atoms with Crippen molar-refractivity contribution in [2.75, 3.05) is 25.2 Å². The van der Waals surface area contributed by atoms with E-state index in [1.54, 1.807) is 0 Å². The number of fused-ring (bicyclic) bond motifs is 1. The third-order valence-corrected chi connectivity index (χ3v) is 4.61. The Morgan fingerprint density at radius 2 is 2.32 bits per heavy atom. The maximum atomic E-state index is 6.05. The van der Waals surface area contributed by atoms with Gasteiger partial charge in [-0.2, -0.15) is 11.8 Å². The summed E-state index contributed by atoms with van der Waals surface area (Å²) in [4.78, 5) is 0. The summed E-state index contributed by atoms with van der Waals surface area (Å²) in [5.41, 5.74) is 2.17. The molecule has 4 heteroatoms. The van der Waals surface area contributed by atoms with E-state index in [9.17, 15) is 0 Å². The van der Waals surface area contributed by atoms with Gasteiger partial charge >= 0.3 is 0 Å². The highest BCUT2D eigenvalue weighted by molar-refractivity contribution is 7.99. The van der Waals surface area contributed by atoms with Gasteiger partial charge < -0.3 is 14.5 Å². The number of furan rings is 1. The molecule has 0 bridgehead atoms. The largest absolute Gasteiger partial charge is 0.459 e. The van der Waals surface area contributed by atoms with Gasteiger partial charge in [0.2, 0.25) is 0 Å². The lowest BCUT2D eigenvalue weighted by Crippen LogP contribution is -2.36. The first kappa shape index (κ1) is 13.0. The molecule has 1 aromatic carbocycles. The predicted molar refractivity (Wildman–Crippen MR) is 79.8 cm³/mol. The average molecular weight is 277 g/mol. The van der Waals surface area contributed by atoms with Crippen LogP contribution in [0.15, 0.2) is 28.7 Å². The van der Waals surface area contributed by atoms with Crippen LogP contribution in [-0.4, -0.2) is 31.3 Å². The van der Waals surface area contributed by atoms with Crippen LogP contribution in [0.2, 0.25) is 0 Å². The lowest BCUT2D eigenvalue weighted by atomic mass is 10.1. The number of aryl methyl sites for hydroxylation is 1. The first-order valence-electron chi connectivity index (χ1n) is 6.65. The van der Waals surface area contributed by atoms with Crippen LogP contribution in [0.4, 0.5) is 0 Å². The topological polar surface area (TPSA) is 34.4 Å². The quantitative estimate of drug-likeness (QED) is 0.934. The number of hydrogen-bond donors (Lipinski definition) is 1. The molecule has 1 fully saturated rings. The van der Waals surface area contributed by atoms with E-state index in [2.05, 4.69) is 36.5 Å². The van der Waals surface area contributed by atoms with Gasteiger partial charge in [-0.05, 0) is 25.6 Å². The molecule has 2 aromatic rings. The van der Waals surface area contributed by atoms with E-state index in [1.807, 2.05) is 18.8 Å². The molecule has 102 valence electrons. The van der Waals surface area contributed by atoms with Gasteiger partial charge in [-0.3, -0.25) is 0 Å². The molecule has 1 aromatic heterocycles. The highest BCUT2D eigenvalue weighted by Gasteiger charge is 2.27. The number of thioether (sulfide) groups is 1. The zero-order valence-corrected chi connectivity index (χ0v) is 12.1. The second-order valence-electron chi connectivity index (χ2n) is 4.89. The molecule has 3 nitrogen and oxygen atoms in total. The minimum absolute atomic E-state index is 0.125. The molecule has 2 atom stereocenters. The lowest BCUT2D eigenvalue weighted by molar-refractivity contribution is 0.0436. The fraction of sp³-hybridized carbons (Fsp3) is 0.467. The van der Waals surface area contributed by atoms with E-state index in [0.717, 1.165) is 29.5 Å². The third kappa shape index (κ3) is 2.53. The van der Waals surface area contributed by atoms with Gasteiger partial charge in [0.05, 0.1) is 18.8 Å². The maximum absolute atomic E-state index is 6.05. The average Bonchev–Trinajstić information content (AvgIpc) is 2.86. The van der Waals surface area contributed by atoms with Gasteiger partial charge in [0, 0.05) is 16.9 Å². The van der Waals surface area contributed by atoms with Crippen molar-refractivity contribution in [2.24, 2.45) is 0 Å². The van der Waals surface area contributed by atoms with E-state index < -0.39 is 0 Å².